The summed E-state index contributed by atoms with van der Waals surface area (Å²) in [4.78, 5) is 6.80. The van der Waals surface area contributed by atoms with E-state index in [2.05, 4.69) is 27.4 Å². The Morgan fingerprint density at radius 2 is 2.08 bits per heavy atom. The largest absolute Gasteiger partial charge is 0.493 e. The minimum absolute atomic E-state index is 0.695. The van der Waals surface area contributed by atoms with Crippen LogP contribution in [0.5, 0.6) is 11.5 Å². The zero-order valence-electron chi connectivity index (χ0n) is 15.3. The van der Waals surface area contributed by atoms with Crippen molar-refractivity contribution in [3.63, 3.8) is 0 Å². The molecule has 0 amide bonds. The molecule has 0 radical (unpaired) electrons. The maximum Gasteiger partial charge on any atom is 0.195 e. The van der Waals surface area contributed by atoms with Crippen molar-refractivity contribution in [3.8, 4) is 11.5 Å². The van der Waals surface area contributed by atoms with Crippen molar-refractivity contribution >= 4 is 11.6 Å². The second-order valence-electron chi connectivity index (χ2n) is 6.24. The zero-order chi connectivity index (χ0) is 17.4. The highest BCUT2D eigenvalue weighted by molar-refractivity contribution is 5.93. The van der Waals surface area contributed by atoms with Crippen molar-refractivity contribution in [2.75, 3.05) is 52.8 Å². The number of hydrogen-bond donors (Lipinski definition) is 2. The molecule has 1 fully saturated rings. The van der Waals surface area contributed by atoms with Crippen LogP contribution in [-0.2, 0) is 0 Å². The van der Waals surface area contributed by atoms with Crippen LogP contribution in [0.2, 0.25) is 0 Å². The molecule has 1 aliphatic heterocycles. The Balaban J connectivity index is 1.84. The lowest BCUT2D eigenvalue weighted by molar-refractivity contribution is 0.187. The fourth-order valence-corrected chi connectivity index (χ4v) is 3.05. The monoisotopic (exact) mass is 334 g/mol. The quantitative estimate of drug-likeness (QED) is 0.618. The van der Waals surface area contributed by atoms with Gasteiger partial charge in [0.05, 0.1) is 14.2 Å². The lowest BCUT2D eigenvalue weighted by Crippen LogP contribution is -2.41. The molecular weight excluding hydrogens is 304 g/mol. The Labute approximate surface area is 145 Å². The Kier molecular flexibility index (Phi) is 7.18. The smallest absolute Gasteiger partial charge is 0.195 e. The van der Waals surface area contributed by atoms with Gasteiger partial charge in [0.1, 0.15) is 0 Å². The van der Waals surface area contributed by atoms with E-state index >= 15 is 0 Å². The summed E-state index contributed by atoms with van der Waals surface area (Å²) >= 11 is 0. The average Bonchev–Trinajstić information content (AvgIpc) is 2.60. The summed E-state index contributed by atoms with van der Waals surface area (Å²) in [6, 6.07) is 5.72. The van der Waals surface area contributed by atoms with Crippen LogP contribution in [0, 0.1) is 5.92 Å². The number of benzene rings is 1. The van der Waals surface area contributed by atoms with E-state index in [0.29, 0.717) is 11.5 Å². The maximum atomic E-state index is 5.33. The van der Waals surface area contributed by atoms with Crippen molar-refractivity contribution in [1.29, 1.82) is 0 Å². The second-order valence-corrected chi connectivity index (χ2v) is 6.24. The van der Waals surface area contributed by atoms with E-state index in [0.717, 1.165) is 30.7 Å². The van der Waals surface area contributed by atoms with Crippen LogP contribution >= 0.6 is 0 Å². The van der Waals surface area contributed by atoms with E-state index in [4.69, 9.17) is 9.47 Å². The van der Waals surface area contributed by atoms with Gasteiger partial charge >= 0.3 is 0 Å². The topological polar surface area (TPSA) is 58.1 Å². The maximum absolute atomic E-state index is 5.33. The number of piperidine rings is 1. The molecule has 1 unspecified atom stereocenters. The molecule has 0 aromatic heterocycles. The molecule has 0 spiro atoms. The molecule has 0 bridgehead atoms. The number of anilines is 1. The summed E-state index contributed by atoms with van der Waals surface area (Å²) in [7, 11) is 5.04. The summed E-state index contributed by atoms with van der Waals surface area (Å²) in [5, 5.41) is 6.66. The normalized spacial score (nSPS) is 19.0. The minimum Gasteiger partial charge on any atom is -0.493 e. The molecule has 6 nitrogen and oxygen atoms in total. The van der Waals surface area contributed by atoms with Gasteiger partial charge in [-0.15, -0.1) is 0 Å². The van der Waals surface area contributed by atoms with Gasteiger partial charge in [0.15, 0.2) is 17.5 Å². The summed E-state index contributed by atoms with van der Waals surface area (Å²) in [5.41, 5.74) is 0.910. The Morgan fingerprint density at radius 1 is 1.29 bits per heavy atom. The first-order valence-electron chi connectivity index (χ1n) is 8.58. The first-order chi connectivity index (χ1) is 11.7. The predicted molar refractivity (Wildman–Crippen MR) is 99.4 cm³/mol. The molecule has 6 heteroatoms. The fraction of sp³-hybridized carbons (Fsp3) is 0.611. The lowest BCUT2D eigenvalue weighted by atomic mass is 10.0. The van der Waals surface area contributed by atoms with Gasteiger partial charge in [0.2, 0.25) is 0 Å². The van der Waals surface area contributed by atoms with Gasteiger partial charge in [-0.25, -0.2) is 0 Å². The van der Waals surface area contributed by atoms with Gasteiger partial charge in [-0.2, -0.15) is 0 Å². The van der Waals surface area contributed by atoms with Crippen molar-refractivity contribution in [3.05, 3.63) is 18.2 Å². The van der Waals surface area contributed by atoms with Gasteiger partial charge in [0.25, 0.3) is 0 Å². The van der Waals surface area contributed by atoms with Crippen LogP contribution in [0.15, 0.2) is 23.2 Å². The number of guanidine groups is 1. The molecule has 1 heterocycles. The number of aliphatic imine (C=N–C) groups is 1. The molecule has 1 aromatic carbocycles. The molecule has 0 saturated carbocycles. The Hall–Kier alpha value is -1.95. The van der Waals surface area contributed by atoms with Crippen LogP contribution in [0.25, 0.3) is 0 Å². The third-order valence-electron chi connectivity index (χ3n) is 4.33. The number of likely N-dealkylation sites (tertiary alicyclic amines) is 1. The van der Waals surface area contributed by atoms with E-state index in [1.807, 2.05) is 18.2 Å². The van der Waals surface area contributed by atoms with Crippen LogP contribution in [0.3, 0.4) is 0 Å². The number of nitrogens with one attached hydrogen (secondary N) is 2. The molecule has 1 saturated heterocycles. The number of hydrogen-bond acceptors (Lipinski definition) is 4. The summed E-state index contributed by atoms with van der Waals surface area (Å²) < 4.78 is 10.6. The first kappa shape index (κ1) is 18.4. The van der Waals surface area contributed by atoms with E-state index in [1.165, 1.54) is 25.9 Å². The van der Waals surface area contributed by atoms with Gasteiger partial charge < -0.3 is 25.0 Å². The van der Waals surface area contributed by atoms with Crippen LogP contribution < -0.4 is 20.1 Å². The van der Waals surface area contributed by atoms with Crippen molar-refractivity contribution in [2.24, 2.45) is 10.9 Å². The Bertz CT molecular complexity index is 548. The highest BCUT2D eigenvalue weighted by Gasteiger charge is 2.15. The van der Waals surface area contributed by atoms with E-state index in [1.54, 1.807) is 21.3 Å². The van der Waals surface area contributed by atoms with Crippen LogP contribution in [0.1, 0.15) is 19.8 Å². The van der Waals surface area contributed by atoms with Gasteiger partial charge in [-0.05, 0) is 37.4 Å². The molecule has 1 aliphatic rings. The molecule has 1 aromatic rings. The highest BCUT2D eigenvalue weighted by Crippen LogP contribution is 2.29. The van der Waals surface area contributed by atoms with E-state index < -0.39 is 0 Å². The van der Waals surface area contributed by atoms with Gasteiger partial charge in [-0.1, -0.05) is 6.92 Å². The summed E-state index contributed by atoms with van der Waals surface area (Å²) in [6.07, 6.45) is 2.66. The van der Waals surface area contributed by atoms with Crippen LogP contribution in [-0.4, -0.2) is 58.3 Å². The predicted octanol–water partition coefficient (Wildman–Crippen LogP) is 2.42. The number of methoxy groups -OCH3 is 2. The van der Waals surface area contributed by atoms with E-state index in [-0.39, 0.29) is 0 Å². The number of rotatable bonds is 6. The third-order valence-corrected chi connectivity index (χ3v) is 4.33. The summed E-state index contributed by atoms with van der Waals surface area (Å²) in [6.45, 7) is 6.64. The number of nitrogens with zero attached hydrogens (tertiary/aromatic N) is 2. The van der Waals surface area contributed by atoms with Crippen molar-refractivity contribution in [1.82, 2.24) is 10.2 Å². The van der Waals surface area contributed by atoms with Crippen molar-refractivity contribution in [2.45, 2.75) is 19.8 Å². The average molecular weight is 334 g/mol. The third kappa shape index (κ3) is 5.30. The molecular formula is C18H30N4O2. The second kappa shape index (κ2) is 9.37. The fourth-order valence-electron chi connectivity index (χ4n) is 3.05. The van der Waals surface area contributed by atoms with E-state index in [9.17, 15) is 0 Å². The molecule has 134 valence electrons. The SMILES string of the molecule is CN=C(NCCN1CCCC(C)C1)Nc1ccc(OC)c(OC)c1. The lowest BCUT2D eigenvalue weighted by Gasteiger charge is -2.30. The number of ether oxygens (including phenoxy) is 2. The molecule has 0 aliphatic carbocycles. The molecule has 2 rings (SSSR count). The minimum atomic E-state index is 0.695. The molecule has 2 N–H and O–H groups in total. The van der Waals surface area contributed by atoms with Gasteiger partial charge in [-0.3, -0.25) is 4.99 Å². The van der Waals surface area contributed by atoms with Crippen molar-refractivity contribution < 1.29 is 9.47 Å². The summed E-state index contributed by atoms with van der Waals surface area (Å²) in [5.74, 6) is 2.97. The van der Waals surface area contributed by atoms with Crippen LogP contribution in [0.4, 0.5) is 5.69 Å². The zero-order valence-corrected chi connectivity index (χ0v) is 15.3. The standard InChI is InChI=1S/C18H30N4O2/c1-14-6-5-10-22(13-14)11-9-20-18(19-2)21-15-7-8-16(23-3)17(12-15)24-4/h7-8,12,14H,5-6,9-11,13H2,1-4H3,(H2,19,20,21). The first-order valence-corrected chi connectivity index (χ1v) is 8.58. The molecule has 1 atom stereocenters. The van der Waals surface area contributed by atoms with Gasteiger partial charge in [0, 0.05) is 38.4 Å². The molecule has 24 heavy (non-hydrogen) atoms. The Morgan fingerprint density at radius 3 is 2.75 bits per heavy atom. The highest BCUT2D eigenvalue weighted by atomic mass is 16.5.